The van der Waals surface area contributed by atoms with Gasteiger partial charge in [0, 0.05) is 6.08 Å². The summed E-state index contributed by atoms with van der Waals surface area (Å²) in [6, 6.07) is 6.75. The fraction of sp³-hybridized carbons (Fsp3) is 0.154. The SMILES string of the molecule is N#CC(C#N)=C1CCC(=C(C#N)C#N)C1=CC(=O)O. The highest BCUT2D eigenvalue weighted by atomic mass is 16.4. The van der Waals surface area contributed by atoms with Crippen molar-refractivity contribution < 1.29 is 9.90 Å². The van der Waals surface area contributed by atoms with Crippen molar-refractivity contribution in [2.75, 3.05) is 0 Å². The summed E-state index contributed by atoms with van der Waals surface area (Å²) in [5.74, 6) is -1.27. The Morgan fingerprint density at radius 2 is 1.32 bits per heavy atom. The first-order chi connectivity index (χ1) is 9.08. The van der Waals surface area contributed by atoms with Crippen molar-refractivity contribution in [1.82, 2.24) is 0 Å². The van der Waals surface area contributed by atoms with Crippen LogP contribution in [0.1, 0.15) is 12.8 Å². The second-order valence-electron chi connectivity index (χ2n) is 3.55. The smallest absolute Gasteiger partial charge is 0.328 e. The predicted molar refractivity (Wildman–Crippen MR) is 61.5 cm³/mol. The molecule has 1 fully saturated rings. The molecule has 0 saturated heterocycles. The molecule has 0 aromatic heterocycles. The Morgan fingerprint density at radius 1 is 0.947 bits per heavy atom. The van der Waals surface area contributed by atoms with E-state index in [0.717, 1.165) is 6.08 Å². The number of hydrogen-bond acceptors (Lipinski definition) is 5. The first-order valence-corrected chi connectivity index (χ1v) is 5.11. The second kappa shape index (κ2) is 5.82. The van der Waals surface area contributed by atoms with Gasteiger partial charge in [0.25, 0.3) is 0 Å². The van der Waals surface area contributed by atoms with Crippen LogP contribution in [0.2, 0.25) is 0 Å². The van der Waals surface area contributed by atoms with Crippen LogP contribution >= 0.6 is 0 Å². The van der Waals surface area contributed by atoms with Crippen molar-refractivity contribution in [3.8, 4) is 24.3 Å². The Labute approximate surface area is 109 Å². The third kappa shape index (κ3) is 2.67. The monoisotopic (exact) mass is 250 g/mol. The van der Waals surface area contributed by atoms with E-state index in [4.69, 9.17) is 26.2 Å². The molecule has 1 rings (SSSR count). The number of carboxylic acid groups (broad SMARTS) is 1. The molecule has 6 heteroatoms. The number of rotatable bonds is 1. The Balaban J connectivity index is 3.62. The van der Waals surface area contributed by atoms with Crippen LogP contribution in [0.4, 0.5) is 0 Å². The van der Waals surface area contributed by atoms with Crippen molar-refractivity contribution >= 4 is 5.97 Å². The number of carbonyl (C=O) groups is 1. The van der Waals surface area contributed by atoms with Gasteiger partial charge in [0.15, 0.2) is 0 Å². The molecule has 0 heterocycles. The highest BCUT2D eigenvalue weighted by Crippen LogP contribution is 2.38. The van der Waals surface area contributed by atoms with Crippen molar-refractivity contribution in [1.29, 1.82) is 21.0 Å². The van der Waals surface area contributed by atoms with Gasteiger partial charge in [0.2, 0.25) is 0 Å². The van der Waals surface area contributed by atoms with Crippen LogP contribution in [0.5, 0.6) is 0 Å². The standard InChI is InChI=1S/C13H6N4O2/c14-4-8(5-15)10-1-2-11(9(6-16)7-17)12(10)3-13(18)19/h3H,1-2H2,(H,18,19). The number of nitrogens with zero attached hydrogens (tertiary/aromatic N) is 4. The van der Waals surface area contributed by atoms with Crippen molar-refractivity contribution in [3.63, 3.8) is 0 Å². The number of nitriles is 4. The van der Waals surface area contributed by atoms with Gasteiger partial charge in [0.1, 0.15) is 35.4 Å². The predicted octanol–water partition coefficient (Wildman–Crippen LogP) is 1.48. The van der Waals surface area contributed by atoms with E-state index in [0.29, 0.717) is 0 Å². The van der Waals surface area contributed by atoms with E-state index in [1.807, 2.05) is 0 Å². The summed E-state index contributed by atoms with van der Waals surface area (Å²) in [7, 11) is 0. The van der Waals surface area contributed by atoms with Gasteiger partial charge >= 0.3 is 5.97 Å². The molecule has 19 heavy (non-hydrogen) atoms. The molecular formula is C13H6N4O2. The molecule has 1 aliphatic carbocycles. The summed E-state index contributed by atoms with van der Waals surface area (Å²) in [5.41, 5.74) is 0.259. The summed E-state index contributed by atoms with van der Waals surface area (Å²) < 4.78 is 0. The topological polar surface area (TPSA) is 132 Å². The maximum Gasteiger partial charge on any atom is 0.328 e. The lowest BCUT2D eigenvalue weighted by Crippen LogP contribution is -1.96. The number of carboxylic acids is 1. The van der Waals surface area contributed by atoms with Crippen molar-refractivity contribution in [2.24, 2.45) is 0 Å². The van der Waals surface area contributed by atoms with Gasteiger partial charge in [-0.2, -0.15) is 21.0 Å². The van der Waals surface area contributed by atoms with Crippen LogP contribution in [0.25, 0.3) is 0 Å². The lowest BCUT2D eigenvalue weighted by Gasteiger charge is -2.01. The van der Waals surface area contributed by atoms with Crippen LogP contribution in [-0.4, -0.2) is 11.1 Å². The van der Waals surface area contributed by atoms with E-state index in [9.17, 15) is 4.79 Å². The Hall–Kier alpha value is -3.35. The second-order valence-corrected chi connectivity index (χ2v) is 3.55. The fourth-order valence-electron chi connectivity index (χ4n) is 1.84. The molecule has 90 valence electrons. The first-order valence-electron chi connectivity index (χ1n) is 5.11. The van der Waals surface area contributed by atoms with Crippen LogP contribution < -0.4 is 0 Å². The van der Waals surface area contributed by atoms with Gasteiger partial charge in [0.05, 0.1) is 0 Å². The summed E-state index contributed by atoms with van der Waals surface area (Å²) in [6.45, 7) is 0. The maximum atomic E-state index is 10.8. The quantitative estimate of drug-likeness (QED) is 0.553. The maximum absolute atomic E-state index is 10.8. The average molecular weight is 250 g/mol. The Morgan fingerprint density at radius 3 is 1.58 bits per heavy atom. The molecule has 0 aromatic rings. The number of hydrogen-bond donors (Lipinski definition) is 1. The molecule has 0 spiro atoms. The minimum absolute atomic E-state index is 0.115. The summed E-state index contributed by atoms with van der Waals surface area (Å²) in [6.07, 6.45) is 1.34. The third-order valence-electron chi connectivity index (χ3n) is 2.59. The molecule has 1 N–H and O–H groups in total. The summed E-state index contributed by atoms with van der Waals surface area (Å²) >= 11 is 0. The largest absolute Gasteiger partial charge is 0.478 e. The van der Waals surface area contributed by atoms with Gasteiger partial charge in [-0.25, -0.2) is 4.79 Å². The van der Waals surface area contributed by atoms with Crippen molar-refractivity contribution in [2.45, 2.75) is 12.8 Å². The van der Waals surface area contributed by atoms with E-state index < -0.39 is 5.97 Å². The van der Waals surface area contributed by atoms with Crippen LogP contribution in [0.3, 0.4) is 0 Å². The number of aliphatic carboxylic acids is 1. The highest BCUT2D eigenvalue weighted by Gasteiger charge is 2.26. The zero-order chi connectivity index (χ0) is 14.4. The lowest BCUT2D eigenvalue weighted by atomic mass is 9.99. The average Bonchev–Trinajstić information content (AvgIpc) is 2.76. The molecule has 0 aliphatic heterocycles. The molecule has 0 radical (unpaired) electrons. The summed E-state index contributed by atoms with van der Waals surface area (Å²) in [4.78, 5) is 10.8. The minimum Gasteiger partial charge on any atom is -0.478 e. The van der Waals surface area contributed by atoms with E-state index in [1.165, 1.54) is 0 Å². The molecule has 0 bridgehead atoms. The van der Waals surface area contributed by atoms with Gasteiger partial charge in [-0.3, -0.25) is 0 Å². The van der Waals surface area contributed by atoms with Crippen LogP contribution in [0, 0.1) is 45.3 Å². The minimum atomic E-state index is -1.27. The molecule has 0 aromatic carbocycles. The van der Waals surface area contributed by atoms with Gasteiger partial charge in [-0.05, 0) is 29.6 Å². The van der Waals surface area contributed by atoms with Crippen molar-refractivity contribution in [3.05, 3.63) is 33.9 Å². The van der Waals surface area contributed by atoms with Crippen LogP contribution in [-0.2, 0) is 4.79 Å². The van der Waals surface area contributed by atoms with E-state index in [2.05, 4.69) is 0 Å². The lowest BCUT2D eigenvalue weighted by molar-refractivity contribution is -0.131. The molecule has 0 unspecified atom stereocenters. The molecule has 6 nitrogen and oxygen atoms in total. The van der Waals surface area contributed by atoms with Gasteiger partial charge in [-0.1, -0.05) is 0 Å². The zero-order valence-electron chi connectivity index (χ0n) is 9.64. The van der Waals surface area contributed by atoms with Gasteiger partial charge < -0.3 is 5.11 Å². The van der Waals surface area contributed by atoms with Gasteiger partial charge in [-0.15, -0.1) is 0 Å². The molecule has 1 aliphatic rings. The summed E-state index contributed by atoms with van der Waals surface area (Å²) in [5, 5.41) is 44.1. The molecule has 0 amide bonds. The van der Waals surface area contributed by atoms with E-state index >= 15 is 0 Å². The van der Waals surface area contributed by atoms with E-state index in [-0.39, 0.29) is 40.7 Å². The van der Waals surface area contributed by atoms with E-state index in [1.54, 1.807) is 24.3 Å². The molecular weight excluding hydrogens is 244 g/mol. The third-order valence-corrected chi connectivity index (χ3v) is 2.59. The van der Waals surface area contributed by atoms with Crippen LogP contribution in [0.15, 0.2) is 33.9 Å². The highest BCUT2D eigenvalue weighted by molar-refractivity contribution is 5.85. The Bertz CT molecular complexity index is 613. The molecule has 0 atom stereocenters. The first kappa shape index (κ1) is 13.7. The molecule has 1 saturated carbocycles. The fourth-order valence-corrected chi connectivity index (χ4v) is 1.84. The number of allylic oxidation sites excluding steroid dienone is 5. The normalized spacial score (nSPS) is 12.7. The zero-order valence-corrected chi connectivity index (χ0v) is 9.64. The Kier molecular flexibility index (Phi) is 4.20.